The van der Waals surface area contributed by atoms with Gasteiger partial charge in [0.25, 0.3) is 0 Å². The topological polar surface area (TPSA) is 114 Å². The van der Waals surface area contributed by atoms with Crippen LogP contribution >= 0.6 is 0 Å². The van der Waals surface area contributed by atoms with Gasteiger partial charge in [-0.15, -0.1) is 0 Å². The Balaban J connectivity index is 3.03. The summed E-state index contributed by atoms with van der Waals surface area (Å²) in [4.78, 5) is 48.0. The number of ether oxygens (including phenoxy) is 4. The minimum Gasteiger partial charge on any atom is -0.454 e. The van der Waals surface area contributed by atoms with Gasteiger partial charge in [0.15, 0.2) is 32.7 Å². The van der Waals surface area contributed by atoms with Gasteiger partial charge < -0.3 is 23.4 Å². The fourth-order valence-electron chi connectivity index (χ4n) is 3.03. The zero-order valence-electron chi connectivity index (χ0n) is 22.1. The van der Waals surface area contributed by atoms with Gasteiger partial charge in [0, 0.05) is 27.4 Å². The Bertz CT molecular complexity index is 795. The first-order valence-corrected chi connectivity index (χ1v) is 14.3. The van der Waals surface area contributed by atoms with E-state index < -0.39 is 62.0 Å². The molecular formula is C24H40O9Si. The standard InChI is InChI=1S/C24H40O9Si/c1-15(25)30-18-11-12-19(21(32-17(3)27)20(18)31-16(2)26)33-22(28)24(7,8)13-14-29-34(9,10)23(4,5)6/h11-12,18-21H,13-14H2,1-10H3/t18-,19-,20+,21+/m1/s1. The highest BCUT2D eigenvalue weighted by atomic mass is 28.4. The van der Waals surface area contributed by atoms with E-state index in [4.69, 9.17) is 23.4 Å². The molecule has 1 rings (SSSR count). The maximum atomic E-state index is 13.1. The fraction of sp³-hybridized carbons (Fsp3) is 0.750. The van der Waals surface area contributed by atoms with Crippen LogP contribution in [0.3, 0.4) is 0 Å². The summed E-state index contributed by atoms with van der Waals surface area (Å²) in [5.41, 5.74) is -0.888. The lowest BCUT2D eigenvalue weighted by molar-refractivity contribution is -0.196. The Morgan fingerprint density at radius 2 is 1.15 bits per heavy atom. The van der Waals surface area contributed by atoms with Crippen molar-refractivity contribution in [1.82, 2.24) is 0 Å². The highest BCUT2D eigenvalue weighted by Gasteiger charge is 2.46. The van der Waals surface area contributed by atoms with E-state index in [1.54, 1.807) is 13.8 Å². The summed E-state index contributed by atoms with van der Waals surface area (Å²) in [6, 6.07) is 0. The van der Waals surface area contributed by atoms with Gasteiger partial charge >= 0.3 is 23.9 Å². The number of hydrogen-bond donors (Lipinski definition) is 0. The molecule has 0 aromatic heterocycles. The molecule has 9 nitrogen and oxygen atoms in total. The average Bonchev–Trinajstić information content (AvgIpc) is 2.63. The minimum atomic E-state index is -1.97. The maximum absolute atomic E-state index is 13.1. The fourth-order valence-corrected chi connectivity index (χ4v) is 4.08. The molecule has 0 spiro atoms. The zero-order chi connectivity index (χ0) is 26.5. The van der Waals surface area contributed by atoms with E-state index in [9.17, 15) is 19.2 Å². The summed E-state index contributed by atoms with van der Waals surface area (Å²) in [5.74, 6) is -2.46. The van der Waals surface area contributed by atoms with Crippen molar-refractivity contribution in [1.29, 1.82) is 0 Å². The van der Waals surface area contributed by atoms with Crippen LogP contribution in [0.1, 0.15) is 61.8 Å². The van der Waals surface area contributed by atoms with Crippen molar-refractivity contribution < 1.29 is 42.6 Å². The van der Waals surface area contributed by atoms with Crippen LogP contribution in [0.5, 0.6) is 0 Å². The Kier molecular flexibility index (Phi) is 10.1. The molecule has 194 valence electrons. The van der Waals surface area contributed by atoms with Crippen LogP contribution < -0.4 is 0 Å². The highest BCUT2D eigenvalue weighted by molar-refractivity contribution is 6.74. The van der Waals surface area contributed by atoms with Gasteiger partial charge in [-0.1, -0.05) is 20.8 Å². The summed E-state index contributed by atoms with van der Waals surface area (Å²) in [6.45, 7) is 18.2. The van der Waals surface area contributed by atoms with Crippen LogP contribution in [-0.4, -0.2) is 63.2 Å². The van der Waals surface area contributed by atoms with Crippen LogP contribution in [0, 0.1) is 5.41 Å². The monoisotopic (exact) mass is 500 g/mol. The van der Waals surface area contributed by atoms with E-state index in [2.05, 4.69) is 33.9 Å². The number of hydrogen-bond acceptors (Lipinski definition) is 9. The molecule has 0 saturated heterocycles. The van der Waals surface area contributed by atoms with Gasteiger partial charge in [0.2, 0.25) is 0 Å². The van der Waals surface area contributed by atoms with E-state index in [0.29, 0.717) is 13.0 Å². The lowest BCUT2D eigenvalue weighted by Crippen LogP contribution is -2.53. The molecule has 0 radical (unpaired) electrons. The van der Waals surface area contributed by atoms with Crippen molar-refractivity contribution in [2.24, 2.45) is 5.41 Å². The summed E-state index contributed by atoms with van der Waals surface area (Å²) in [7, 11) is -1.97. The number of carbonyl (C=O) groups excluding carboxylic acids is 4. The minimum absolute atomic E-state index is 0.0476. The van der Waals surface area contributed by atoms with Gasteiger partial charge in [-0.2, -0.15) is 0 Å². The van der Waals surface area contributed by atoms with Gasteiger partial charge in [-0.3, -0.25) is 19.2 Å². The lowest BCUT2D eigenvalue weighted by atomic mass is 9.89. The molecule has 0 fully saturated rings. The van der Waals surface area contributed by atoms with Crippen molar-refractivity contribution in [2.45, 2.75) is 104 Å². The summed E-state index contributed by atoms with van der Waals surface area (Å²) < 4.78 is 27.8. The molecule has 0 N–H and O–H groups in total. The van der Waals surface area contributed by atoms with Crippen molar-refractivity contribution in [3.05, 3.63) is 12.2 Å². The molecule has 0 heterocycles. The summed E-state index contributed by atoms with van der Waals surface area (Å²) >= 11 is 0. The molecule has 0 bridgehead atoms. The Morgan fingerprint density at radius 3 is 1.53 bits per heavy atom. The molecular weight excluding hydrogens is 460 g/mol. The predicted molar refractivity (Wildman–Crippen MR) is 127 cm³/mol. The first-order valence-electron chi connectivity index (χ1n) is 11.4. The molecule has 0 aromatic rings. The first-order chi connectivity index (χ1) is 15.4. The first kappa shape index (κ1) is 29.8. The molecule has 0 amide bonds. The van der Waals surface area contributed by atoms with Crippen LogP contribution in [0.2, 0.25) is 18.1 Å². The molecule has 1 aliphatic rings. The van der Waals surface area contributed by atoms with E-state index in [0.717, 1.165) is 0 Å². The van der Waals surface area contributed by atoms with Crippen LogP contribution in [0.4, 0.5) is 0 Å². The van der Waals surface area contributed by atoms with E-state index in [1.807, 2.05) is 0 Å². The number of carbonyl (C=O) groups is 4. The Morgan fingerprint density at radius 1 is 0.735 bits per heavy atom. The molecule has 0 aromatic carbocycles. The smallest absolute Gasteiger partial charge is 0.312 e. The van der Waals surface area contributed by atoms with Gasteiger partial charge in [-0.25, -0.2) is 0 Å². The number of rotatable bonds is 9. The zero-order valence-corrected chi connectivity index (χ0v) is 23.1. The van der Waals surface area contributed by atoms with Crippen LogP contribution in [0.25, 0.3) is 0 Å². The van der Waals surface area contributed by atoms with Crippen molar-refractivity contribution in [2.75, 3.05) is 6.61 Å². The third-order valence-electron chi connectivity index (χ3n) is 6.16. The number of esters is 4. The molecule has 1 aliphatic carbocycles. The molecule has 10 heteroatoms. The molecule has 0 aliphatic heterocycles. The van der Waals surface area contributed by atoms with E-state index >= 15 is 0 Å². The average molecular weight is 501 g/mol. The van der Waals surface area contributed by atoms with Crippen molar-refractivity contribution in [3.63, 3.8) is 0 Å². The van der Waals surface area contributed by atoms with Crippen molar-refractivity contribution >= 4 is 32.2 Å². The van der Waals surface area contributed by atoms with Gasteiger partial charge in [0.05, 0.1) is 5.41 Å². The molecule has 34 heavy (non-hydrogen) atoms. The Hall–Kier alpha value is -2.20. The molecule has 0 saturated carbocycles. The predicted octanol–water partition coefficient (Wildman–Crippen LogP) is 3.70. The third kappa shape index (κ3) is 8.54. The van der Waals surface area contributed by atoms with Gasteiger partial charge in [0.1, 0.15) is 0 Å². The van der Waals surface area contributed by atoms with E-state index in [-0.39, 0.29) is 5.04 Å². The second-order valence-electron chi connectivity index (χ2n) is 10.7. The van der Waals surface area contributed by atoms with Crippen LogP contribution in [-0.2, 0) is 42.6 Å². The van der Waals surface area contributed by atoms with E-state index in [1.165, 1.54) is 32.9 Å². The second-order valence-corrected chi connectivity index (χ2v) is 15.5. The Labute approximate surface area is 203 Å². The quantitative estimate of drug-likeness (QED) is 0.202. The SMILES string of the molecule is CC(=O)O[C@@H]1[C@@H](OC(C)=O)[C@H](OC(=O)C(C)(C)CCO[Si](C)(C)C(C)(C)C)C=C[C@H]1OC(C)=O. The lowest BCUT2D eigenvalue weighted by Gasteiger charge is -2.38. The maximum Gasteiger partial charge on any atom is 0.312 e. The van der Waals surface area contributed by atoms with Crippen molar-refractivity contribution in [3.8, 4) is 0 Å². The third-order valence-corrected chi connectivity index (χ3v) is 10.7. The summed E-state index contributed by atoms with van der Waals surface area (Å²) in [5, 5.41) is 0.0476. The second kappa shape index (κ2) is 11.5. The molecule has 0 unspecified atom stereocenters. The van der Waals surface area contributed by atoms with Gasteiger partial charge in [-0.05, 0) is 50.6 Å². The highest BCUT2D eigenvalue weighted by Crippen LogP contribution is 2.37. The summed E-state index contributed by atoms with van der Waals surface area (Å²) in [6.07, 6.45) is -1.02. The molecule has 4 atom stereocenters. The van der Waals surface area contributed by atoms with Crippen LogP contribution in [0.15, 0.2) is 12.2 Å². The normalized spacial score (nSPS) is 23.1. The largest absolute Gasteiger partial charge is 0.454 e.